The van der Waals surface area contributed by atoms with E-state index in [1.54, 1.807) is 11.3 Å². The number of thiophene rings is 1. The average molecular weight is 402 g/mol. The Kier molecular flexibility index (Phi) is 4.72. The molecule has 2 aromatic heterocycles. The van der Waals surface area contributed by atoms with Gasteiger partial charge < -0.3 is 15.0 Å². The second kappa shape index (κ2) is 7.24. The van der Waals surface area contributed by atoms with Crippen molar-refractivity contribution in [1.29, 1.82) is 0 Å². The van der Waals surface area contributed by atoms with Gasteiger partial charge in [0.05, 0.1) is 31.2 Å². The van der Waals surface area contributed by atoms with Crippen molar-refractivity contribution in [3.05, 3.63) is 16.3 Å². The fourth-order valence-electron chi connectivity index (χ4n) is 4.19. The number of carbonyl (C=O) groups is 1. The van der Waals surface area contributed by atoms with Crippen molar-refractivity contribution in [2.45, 2.75) is 51.7 Å². The second-order valence-corrected chi connectivity index (χ2v) is 9.37. The molecule has 0 bridgehead atoms. The zero-order valence-corrected chi connectivity index (χ0v) is 17.3. The van der Waals surface area contributed by atoms with Crippen LogP contribution in [0.15, 0.2) is 0 Å². The zero-order valence-electron chi connectivity index (χ0n) is 16.5. The molecule has 1 aliphatic carbocycles. The van der Waals surface area contributed by atoms with Crippen LogP contribution in [0.25, 0.3) is 10.2 Å². The fraction of sp³-hybridized carbons (Fsp3) is 0.650. The van der Waals surface area contributed by atoms with Crippen molar-refractivity contribution in [1.82, 2.24) is 19.8 Å². The molecule has 2 aliphatic heterocycles. The Labute approximate surface area is 169 Å². The minimum atomic E-state index is 0.127. The van der Waals surface area contributed by atoms with Crippen LogP contribution in [0.1, 0.15) is 35.5 Å². The molecular formula is C20H27N5O2S. The van der Waals surface area contributed by atoms with Gasteiger partial charge in [0.25, 0.3) is 0 Å². The summed E-state index contributed by atoms with van der Waals surface area (Å²) in [6.07, 6.45) is 2.87. The molecule has 0 aromatic carbocycles. The van der Waals surface area contributed by atoms with E-state index in [0.29, 0.717) is 12.5 Å². The number of ether oxygens (including phenoxy) is 1. The number of nitrogens with one attached hydrogen (secondary N) is 1. The Hall–Kier alpha value is -1.77. The minimum Gasteiger partial charge on any atom is -0.379 e. The standard InChI is InChI=1S/C20H27N5O2S/c1-12-13(2)28-20-18(12)19(21-14-9-17(26)25(10-14)15-3-4-15)22-16(23-20)11-24-5-7-27-8-6-24/h14-15H,3-11H2,1-2H3,(H,21,22,23). The minimum absolute atomic E-state index is 0.127. The number of likely N-dealkylation sites (tertiary alicyclic amines) is 1. The number of hydrogen-bond donors (Lipinski definition) is 1. The molecule has 150 valence electrons. The van der Waals surface area contributed by atoms with Crippen LogP contribution in [0, 0.1) is 13.8 Å². The summed E-state index contributed by atoms with van der Waals surface area (Å²) in [5, 5.41) is 4.72. The van der Waals surface area contributed by atoms with E-state index in [0.717, 1.165) is 74.1 Å². The first-order valence-corrected chi connectivity index (χ1v) is 11.0. The number of aryl methyl sites for hydroxylation is 2. The van der Waals surface area contributed by atoms with Gasteiger partial charge in [-0.1, -0.05) is 0 Å². The van der Waals surface area contributed by atoms with E-state index in [-0.39, 0.29) is 11.9 Å². The average Bonchev–Trinajstić information content (AvgIpc) is 3.39. The van der Waals surface area contributed by atoms with Crippen LogP contribution in [-0.2, 0) is 16.1 Å². The van der Waals surface area contributed by atoms with Gasteiger partial charge >= 0.3 is 0 Å². The third-order valence-corrected chi connectivity index (χ3v) is 7.13. The lowest BCUT2D eigenvalue weighted by molar-refractivity contribution is -0.128. The van der Waals surface area contributed by atoms with Crippen molar-refractivity contribution in [2.24, 2.45) is 0 Å². The molecule has 4 heterocycles. The maximum absolute atomic E-state index is 12.4. The van der Waals surface area contributed by atoms with Gasteiger partial charge in [-0.25, -0.2) is 9.97 Å². The number of nitrogens with zero attached hydrogens (tertiary/aromatic N) is 4. The molecule has 5 rings (SSSR count). The van der Waals surface area contributed by atoms with Crippen LogP contribution < -0.4 is 5.32 Å². The van der Waals surface area contributed by atoms with Crippen LogP contribution in [0.3, 0.4) is 0 Å². The SMILES string of the molecule is Cc1sc2nc(CN3CCOCC3)nc(NC3CC(=O)N(C4CC4)C3)c2c1C. The summed E-state index contributed by atoms with van der Waals surface area (Å²) in [4.78, 5) is 28.8. The van der Waals surface area contributed by atoms with E-state index in [1.807, 2.05) is 0 Å². The highest BCUT2D eigenvalue weighted by atomic mass is 32.1. The fourth-order valence-corrected chi connectivity index (χ4v) is 5.24. The Morgan fingerprint density at radius 1 is 1.21 bits per heavy atom. The molecule has 0 spiro atoms. The van der Waals surface area contributed by atoms with E-state index in [9.17, 15) is 4.79 Å². The highest BCUT2D eigenvalue weighted by molar-refractivity contribution is 7.18. The van der Waals surface area contributed by atoms with Gasteiger partial charge in [-0.05, 0) is 32.3 Å². The smallest absolute Gasteiger partial charge is 0.225 e. The van der Waals surface area contributed by atoms with Gasteiger partial charge in [-0.3, -0.25) is 9.69 Å². The first-order valence-electron chi connectivity index (χ1n) is 10.2. The molecule has 1 saturated carbocycles. The first-order chi connectivity index (χ1) is 13.6. The lowest BCUT2D eigenvalue weighted by Gasteiger charge is -2.26. The quantitative estimate of drug-likeness (QED) is 0.829. The molecule has 1 N–H and O–H groups in total. The van der Waals surface area contributed by atoms with Crippen LogP contribution >= 0.6 is 11.3 Å². The Morgan fingerprint density at radius 3 is 2.75 bits per heavy atom. The number of hydrogen-bond acceptors (Lipinski definition) is 7. The van der Waals surface area contributed by atoms with Crippen molar-refractivity contribution in [3.8, 4) is 0 Å². The van der Waals surface area contributed by atoms with Crippen molar-refractivity contribution in [2.75, 3.05) is 38.2 Å². The summed E-state index contributed by atoms with van der Waals surface area (Å²) in [5.41, 5.74) is 1.24. The van der Waals surface area contributed by atoms with E-state index in [2.05, 4.69) is 29.0 Å². The lowest BCUT2D eigenvalue weighted by atomic mass is 10.2. The van der Waals surface area contributed by atoms with Gasteiger partial charge in [0.15, 0.2) is 0 Å². The summed E-state index contributed by atoms with van der Waals surface area (Å²) in [6.45, 7) is 9.18. The maximum atomic E-state index is 12.4. The summed E-state index contributed by atoms with van der Waals surface area (Å²) in [6, 6.07) is 0.605. The molecule has 2 aromatic rings. The van der Waals surface area contributed by atoms with Gasteiger partial charge in [0.2, 0.25) is 5.91 Å². The number of rotatable bonds is 5. The van der Waals surface area contributed by atoms with Gasteiger partial charge in [0.1, 0.15) is 16.5 Å². The molecule has 1 amide bonds. The molecule has 0 radical (unpaired) electrons. The molecule has 3 aliphatic rings. The topological polar surface area (TPSA) is 70.6 Å². The zero-order chi connectivity index (χ0) is 19.3. The molecular weight excluding hydrogens is 374 g/mol. The predicted octanol–water partition coefficient (Wildman–Crippen LogP) is 2.32. The summed E-state index contributed by atoms with van der Waals surface area (Å²) >= 11 is 1.73. The van der Waals surface area contributed by atoms with E-state index < -0.39 is 0 Å². The van der Waals surface area contributed by atoms with Crippen LogP contribution in [0.2, 0.25) is 0 Å². The number of aromatic nitrogens is 2. The second-order valence-electron chi connectivity index (χ2n) is 8.16. The molecule has 2 saturated heterocycles. The van der Waals surface area contributed by atoms with Crippen molar-refractivity contribution < 1.29 is 9.53 Å². The van der Waals surface area contributed by atoms with E-state index in [4.69, 9.17) is 14.7 Å². The van der Waals surface area contributed by atoms with Crippen LogP contribution in [0.5, 0.6) is 0 Å². The normalized spacial score (nSPS) is 23.7. The molecule has 1 unspecified atom stereocenters. The predicted molar refractivity (Wildman–Crippen MR) is 110 cm³/mol. The van der Waals surface area contributed by atoms with E-state index in [1.165, 1.54) is 10.4 Å². The monoisotopic (exact) mass is 401 g/mol. The summed E-state index contributed by atoms with van der Waals surface area (Å²) in [5.74, 6) is 2.02. The maximum Gasteiger partial charge on any atom is 0.225 e. The number of amides is 1. The van der Waals surface area contributed by atoms with E-state index >= 15 is 0 Å². The molecule has 1 atom stereocenters. The van der Waals surface area contributed by atoms with Gasteiger partial charge in [-0.15, -0.1) is 11.3 Å². The number of fused-ring (bicyclic) bond motifs is 1. The Balaban J connectivity index is 1.43. The van der Waals surface area contributed by atoms with Crippen LogP contribution in [0.4, 0.5) is 5.82 Å². The van der Waals surface area contributed by atoms with Gasteiger partial charge in [0, 0.05) is 37.0 Å². The highest BCUT2D eigenvalue weighted by Crippen LogP contribution is 2.35. The summed E-state index contributed by atoms with van der Waals surface area (Å²) < 4.78 is 5.45. The molecule has 28 heavy (non-hydrogen) atoms. The molecule has 3 fully saturated rings. The highest BCUT2D eigenvalue weighted by Gasteiger charge is 2.39. The summed E-state index contributed by atoms with van der Waals surface area (Å²) in [7, 11) is 0. The Morgan fingerprint density at radius 2 is 2.00 bits per heavy atom. The Bertz CT molecular complexity index is 904. The molecule has 7 nitrogen and oxygen atoms in total. The van der Waals surface area contributed by atoms with Crippen molar-refractivity contribution in [3.63, 3.8) is 0 Å². The largest absolute Gasteiger partial charge is 0.379 e. The van der Waals surface area contributed by atoms with Crippen molar-refractivity contribution >= 4 is 33.3 Å². The number of morpholine rings is 1. The van der Waals surface area contributed by atoms with Crippen LogP contribution in [-0.4, -0.2) is 70.6 Å². The van der Waals surface area contributed by atoms with Gasteiger partial charge in [-0.2, -0.15) is 0 Å². The third-order valence-electron chi connectivity index (χ3n) is 6.03. The third kappa shape index (κ3) is 3.49. The lowest BCUT2D eigenvalue weighted by Crippen LogP contribution is -2.36. The molecule has 8 heteroatoms. The first kappa shape index (κ1) is 18.3. The number of anilines is 1. The number of carbonyl (C=O) groups excluding carboxylic acids is 1.